The minimum Gasteiger partial charge on any atom is -0.331 e. The molecule has 71 valence electrons. The summed E-state index contributed by atoms with van der Waals surface area (Å²) in [7, 11) is 0. The molecule has 1 nitrogen and oxygen atoms in total. The molecular weight excluding hydrogens is 163 g/mol. The monoisotopic (exact) mass is 176 g/mol. The normalized spacial score (nSPS) is 1.80. The fraction of sp³-hybridized carbons (Fsp3) is 1.00. The molecule has 0 heterocycles. The molecule has 8 heteroatoms. The van der Waals surface area contributed by atoms with E-state index in [1.54, 1.807) is 0 Å². The second kappa shape index (κ2) is 1360. The Balaban J connectivity index is -0.000000000952. The van der Waals surface area contributed by atoms with Crippen LogP contribution in [-0.4, -0.2) is 15.0 Å². The van der Waals surface area contributed by atoms with E-state index < -0.39 is 0 Å². The lowest BCUT2D eigenvalue weighted by Crippen LogP contribution is -1.87. The van der Waals surface area contributed by atoms with E-state index in [2.05, 4.69) is 0 Å². The standard InChI is InChI=1S/C2H7N.B.6FH/c1-2-3;;;;;;;/h2-3H2,1H3;;6*1H. The van der Waals surface area contributed by atoms with Gasteiger partial charge in [0.2, 0.25) is 0 Å². The van der Waals surface area contributed by atoms with Crippen LogP contribution in [0.1, 0.15) is 6.92 Å². The van der Waals surface area contributed by atoms with Gasteiger partial charge in [-0.3, -0.25) is 28.2 Å². The quantitative estimate of drug-likeness (QED) is 0.422. The van der Waals surface area contributed by atoms with Gasteiger partial charge in [0.15, 0.2) is 0 Å². The van der Waals surface area contributed by atoms with E-state index in [9.17, 15) is 0 Å². The zero-order chi connectivity index (χ0) is 2.71. The molecule has 0 saturated carbocycles. The topological polar surface area (TPSA) is 26.0 Å². The third kappa shape index (κ3) is 2130. The summed E-state index contributed by atoms with van der Waals surface area (Å²) < 4.78 is 0. The first-order valence-electron chi connectivity index (χ1n) is 1.12. The lowest BCUT2D eigenvalue weighted by molar-refractivity contribution is 1.11. The first-order valence-corrected chi connectivity index (χ1v) is 1.12. The largest absolute Gasteiger partial charge is 0.331 e. The van der Waals surface area contributed by atoms with Gasteiger partial charge in [0.05, 0.1) is 0 Å². The maximum absolute atomic E-state index is 4.85. The van der Waals surface area contributed by atoms with Crippen LogP contribution in [0.2, 0.25) is 0 Å². The molecule has 0 fully saturated rings. The van der Waals surface area contributed by atoms with E-state index in [4.69, 9.17) is 5.73 Å². The number of halogens is 6. The van der Waals surface area contributed by atoms with Crippen LogP contribution in [-0.2, 0) is 0 Å². The first kappa shape index (κ1) is 276. The van der Waals surface area contributed by atoms with Gasteiger partial charge in [-0.05, 0) is 6.54 Å². The molecule has 0 unspecified atom stereocenters. The van der Waals surface area contributed by atoms with Gasteiger partial charge in [0.1, 0.15) is 0 Å². The summed E-state index contributed by atoms with van der Waals surface area (Å²) >= 11 is 0. The summed E-state index contributed by atoms with van der Waals surface area (Å²) in [6.07, 6.45) is 0. The molecule has 3 radical (unpaired) electrons. The number of hydrogen-bond acceptors (Lipinski definition) is 1. The predicted octanol–water partition coefficient (Wildman–Crippen LogP) is 0.499. The highest BCUT2D eigenvalue weighted by Crippen LogP contribution is 1.20. The van der Waals surface area contributed by atoms with E-state index in [1.807, 2.05) is 6.92 Å². The van der Waals surface area contributed by atoms with E-state index in [0.29, 0.717) is 0 Å². The molecule has 2 N–H and O–H groups in total. The van der Waals surface area contributed by atoms with Crippen molar-refractivity contribution in [3.05, 3.63) is 0 Å². The highest BCUT2D eigenvalue weighted by Gasteiger charge is 1.32. The highest BCUT2D eigenvalue weighted by molar-refractivity contribution is 5.75. The molecule has 0 aliphatic rings. The molecule has 0 spiro atoms. The molecular formula is C2H13BF6N. The summed E-state index contributed by atoms with van der Waals surface area (Å²) in [6, 6.07) is 0. The van der Waals surface area contributed by atoms with Crippen molar-refractivity contribution in [3.8, 4) is 0 Å². The van der Waals surface area contributed by atoms with Gasteiger partial charge in [-0.1, -0.05) is 6.92 Å². The van der Waals surface area contributed by atoms with E-state index in [-0.39, 0.29) is 36.6 Å². The molecule has 0 bridgehead atoms. The molecule has 0 rings (SSSR count). The van der Waals surface area contributed by atoms with E-state index >= 15 is 0 Å². The SMILES string of the molecule is CCN.F.F.F.F.F.F.[B]. The fourth-order valence-corrected chi connectivity index (χ4v) is 0. The van der Waals surface area contributed by atoms with Crippen LogP contribution in [0, 0.1) is 0 Å². The lowest BCUT2D eigenvalue weighted by atomic mass is 10.8. The Labute approximate surface area is 57.1 Å². The van der Waals surface area contributed by atoms with Crippen molar-refractivity contribution < 1.29 is 28.2 Å². The minimum atomic E-state index is 0. The van der Waals surface area contributed by atoms with Crippen molar-refractivity contribution in [1.29, 1.82) is 0 Å². The third-order valence-corrected chi connectivity index (χ3v) is 0. The summed E-state index contributed by atoms with van der Waals surface area (Å²) in [5.74, 6) is 0. The Morgan fingerprint density at radius 1 is 0.800 bits per heavy atom. The van der Waals surface area contributed by atoms with Crippen molar-refractivity contribution in [2.75, 3.05) is 6.54 Å². The Morgan fingerprint density at radius 2 is 0.800 bits per heavy atom. The average molecular weight is 176 g/mol. The highest BCUT2D eigenvalue weighted by atomic mass is 19.0. The Hall–Kier alpha value is -0.395. The first-order chi connectivity index (χ1) is 1.41. The molecule has 0 aromatic rings. The van der Waals surface area contributed by atoms with Crippen molar-refractivity contribution in [2.24, 2.45) is 5.73 Å². The van der Waals surface area contributed by atoms with Gasteiger partial charge in [-0.15, -0.1) is 0 Å². The van der Waals surface area contributed by atoms with Gasteiger partial charge in [0, 0.05) is 8.41 Å². The van der Waals surface area contributed by atoms with Crippen LogP contribution in [0.4, 0.5) is 28.2 Å². The van der Waals surface area contributed by atoms with Crippen molar-refractivity contribution in [1.82, 2.24) is 0 Å². The van der Waals surface area contributed by atoms with Crippen molar-refractivity contribution >= 4 is 8.41 Å². The van der Waals surface area contributed by atoms with E-state index in [0.717, 1.165) is 6.54 Å². The maximum Gasteiger partial charge on any atom is 0 e. The molecule has 0 aliphatic carbocycles. The molecule has 0 aromatic heterocycles. The van der Waals surface area contributed by atoms with Gasteiger partial charge < -0.3 is 5.73 Å². The van der Waals surface area contributed by atoms with Gasteiger partial charge in [-0.2, -0.15) is 0 Å². The summed E-state index contributed by atoms with van der Waals surface area (Å²) in [5.41, 5.74) is 4.85. The van der Waals surface area contributed by atoms with Crippen LogP contribution in [0.3, 0.4) is 0 Å². The van der Waals surface area contributed by atoms with Crippen molar-refractivity contribution in [3.63, 3.8) is 0 Å². The van der Waals surface area contributed by atoms with Gasteiger partial charge in [0.25, 0.3) is 0 Å². The number of nitrogens with two attached hydrogens (primary N) is 1. The smallest absolute Gasteiger partial charge is 0 e. The molecule has 0 aromatic carbocycles. The zero-order valence-electron chi connectivity index (χ0n) is 5.31. The van der Waals surface area contributed by atoms with Gasteiger partial charge >= 0.3 is 0 Å². The average Bonchev–Trinajstić information content (AvgIpc) is 0.918. The Morgan fingerprint density at radius 3 is 0.800 bits per heavy atom. The zero-order valence-corrected chi connectivity index (χ0v) is 5.31. The molecule has 0 atom stereocenters. The predicted molar refractivity (Wildman–Crippen MR) is 35.5 cm³/mol. The maximum atomic E-state index is 4.85. The molecule has 10 heavy (non-hydrogen) atoms. The van der Waals surface area contributed by atoms with Crippen LogP contribution < -0.4 is 5.73 Å². The lowest BCUT2D eigenvalue weighted by Gasteiger charge is -1.53. The van der Waals surface area contributed by atoms with Crippen LogP contribution >= 0.6 is 0 Å². The second-order valence-corrected chi connectivity index (χ2v) is 0.408. The second-order valence-electron chi connectivity index (χ2n) is 0.408. The number of rotatable bonds is 0. The van der Waals surface area contributed by atoms with Gasteiger partial charge in [-0.25, -0.2) is 0 Å². The summed E-state index contributed by atoms with van der Waals surface area (Å²) in [5, 5.41) is 0. The van der Waals surface area contributed by atoms with Crippen molar-refractivity contribution in [2.45, 2.75) is 6.92 Å². The van der Waals surface area contributed by atoms with Crippen LogP contribution in [0.15, 0.2) is 0 Å². The number of hydrogen-bond donors (Lipinski definition) is 1. The third-order valence-electron chi connectivity index (χ3n) is 0. The fourth-order valence-electron chi connectivity index (χ4n) is 0. The molecule has 0 saturated heterocycles. The molecule has 0 amide bonds. The molecule has 0 aliphatic heterocycles. The Bertz CT molecular complexity index is 15.7. The van der Waals surface area contributed by atoms with Crippen LogP contribution in [0.5, 0.6) is 0 Å². The minimum absolute atomic E-state index is 0. The summed E-state index contributed by atoms with van der Waals surface area (Å²) in [6.45, 7) is 2.65. The summed E-state index contributed by atoms with van der Waals surface area (Å²) in [4.78, 5) is 0. The van der Waals surface area contributed by atoms with Crippen LogP contribution in [0.25, 0.3) is 0 Å². The van der Waals surface area contributed by atoms with E-state index in [1.165, 1.54) is 0 Å². The Kier molecular flexibility index (Phi) is 37500.